The molecule has 0 aromatic heterocycles. The van der Waals surface area contributed by atoms with Gasteiger partial charge in [-0.2, -0.15) is 0 Å². The minimum absolute atomic E-state index is 0.0926. The van der Waals surface area contributed by atoms with Crippen LogP contribution in [0.3, 0.4) is 0 Å². The topological polar surface area (TPSA) is 66.8 Å². The molecular formula is C18H17NO4. The summed E-state index contributed by atoms with van der Waals surface area (Å²) in [4.78, 5) is 24.7. The van der Waals surface area contributed by atoms with Crippen LogP contribution in [0.4, 0.5) is 4.79 Å². The van der Waals surface area contributed by atoms with Gasteiger partial charge in [-0.05, 0) is 22.3 Å². The highest BCUT2D eigenvalue weighted by Gasteiger charge is 2.35. The molecule has 0 spiro atoms. The Hall–Kier alpha value is -2.82. The first kappa shape index (κ1) is 15.1. The molecule has 3 rings (SSSR count). The number of methoxy groups -OCH3 is 1. The van der Waals surface area contributed by atoms with E-state index in [1.165, 1.54) is 12.0 Å². The summed E-state index contributed by atoms with van der Waals surface area (Å²) >= 11 is 0. The zero-order chi connectivity index (χ0) is 16.4. The van der Waals surface area contributed by atoms with E-state index in [0.29, 0.717) is 0 Å². The van der Waals surface area contributed by atoms with Crippen LogP contribution in [0.15, 0.2) is 48.5 Å². The van der Waals surface area contributed by atoms with E-state index < -0.39 is 12.1 Å². The monoisotopic (exact) mass is 311 g/mol. The number of amides is 1. The number of fused-ring (bicyclic) bond motifs is 3. The molecule has 2 aromatic rings. The third-order valence-electron chi connectivity index (χ3n) is 4.09. The molecule has 2 aromatic carbocycles. The lowest BCUT2D eigenvalue weighted by Crippen LogP contribution is -2.36. The fourth-order valence-corrected chi connectivity index (χ4v) is 3.12. The summed E-state index contributed by atoms with van der Waals surface area (Å²) in [6, 6.07) is 15.4. The zero-order valence-corrected chi connectivity index (χ0v) is 12.7. The molecule has 0 unspecified atom stereocenters. The lowest BCUT2D eigenvalue weighted by Gasteiger charge is -2.28. The van der Waals surface area contributed by atoms with E-state index in [2.05, 4.69) is 0 Å². The minimum Gasteiger partial charge on any atom is -0.481 e. The molecule has 1 N–H and O–H groups in total. The van der Waals surface area contributed by atoms with Gasteiger partial charge >= 0.3 is 12.1 Å². The van der Waals surface area contributed by atoms with Gasteiger partial charge in [0.1, 0.15) is 0 Å². The molecule has 0 bridgehead atoms. The molecule has 1 aliphatic rings. The molecule has 0 fully saturated rings. The van der Waals surface area contributed by atoms with E-state index in [4.69, 9.17) is 9.84 Å². The fraction of sp³-hybridized carbons (Fsp3) is 0.222. The Morgan fingerprint density at radius 3 is 2.04 bits per heavy atom. The van der Waals surface area contributed by atoms with Gasteiger partial charge in [0.25, 0.3) is 0 Å². The predicted molar refractivity (Wildman–Crippen MR) is 85.1 cm³/mol. The first-order valence-corrected chi connectivity index (χ1v) is 7.38. The molecular weight excluding hydrogens is 294 g/mol. The van der Waals surface area contributed by atoms with Gasteiger partial charge < -0.3 is 9.84 Å². The van der Waals surface area contributed by atoms with Gasteiger partial charge in [-0.3, -0.25) is 9.69 Å². The van der Waals surface area contributed by atoms with Crippen molar-refractivity contribution in [3.63, 3.8) is 0 Å². The number of ether oxygens (including phenoxy) is 1. The molecule has 118 valence electrons. The Morgan fingerprint density at radius 1 is 1.04 bits per heavy atom. The van der Waals surface area contributed by atoms with E-state index >= 15 is 0 Å². The highest BCUT2D eigenvalue weighted by Crippen LogP contribution is 2.46. The largest absolute Gasteiger partial charge is 0.481 e. The molecule has 0 saturated heterocycles. The third-order valence-corrected chi connectivity index (χ3v) is 4.09. The number of hydrogen-bond acceptors (Lipinski definition) is 3. The van der Waals surface area contributed by atoms with Crippen molar-refractivity contribution in [2.75, 3.05) is 13.7 Å². The lowest BCUT2D eigenvalue weighted by molar-refractivity contribution is -0.137. The Balaban J connectivity index is 2.08. The third kappa shape index (κ3) is 2.65. The fourth-order valence-electron chi connectivity index (χ4n) is 3.12. The summed E-state index contributed by atoms with van der Waals surface area (Å²) in [5, 5.41) is 8.97. The first-order chi connectivity index (χ1) is 11.1. The second-order valence-corrected chi connectivity index (χ2v) is 5.38. The van der Waals surface area contributed by atoms with Crippen LogP contribution in [0.5, 0.6) is 0 Å². The van der Waals surface area contributed by atoms with Crippen LogP contribution >= 0.6 is 0 Å². The maximum absolute atomic E-state index is 12.2. The second-order valence-electron chi connectivity index (χ2n) is 5.38. The molecule has 0 heterocycles. The van der Waals surface area contributed by atoms with Gasteiger partial charge in [0.15, 0.2) is 0 Å². The number of aliphatic carboxylic acids is 1. The Bertz CT molecular complexity index is 711. The molecule has 5 heteroatoms. The average molecular weight is 311 g/mol. The minimum atomic E-state index is -0.946. The van der Waals surface area contributed by atoms with Crippen molar-refractivity contribution in [2.24, 2.45) is 0 Å². The van der Waals surface area contributed by atoms with E-state index in [0.717, 1.165) is 22.3 Å². The van der Waals surface area contributed by atoms with E-state index in [9.17, 15) is 9.59 Å². The summed E-state index contributed by atoms with van der Waals surface area (Å²) in [6.45, 7) is 0.0926. The van der Waals surface area contributed by atoms with Crippen LogP contribution in [0.2, 0.25) is 0 Å². The number of carboxylic acid groups (broad SMARTS) is 1. The Labute approximate surface area is 134 Å². The van der Waals surface area contributed by atoms with E-state index in [-0.39, 0.29) is 19.0 Å². The molecule has 1 amide bonds. The Morgan fingerprint density at radius 2 is 1.57 bits per heavy atom. The number of carboxylic acids is 1. The van der Waals surface area contributed by atoms with Crippen molar-refractivity contribution < 1.29 is 19.4 Å². The van der Waals surface area contributed by atoms with Gasteiger partial charge in [-0.25, -0.2) is 4.79 Å². The second kappa shape index (κ2) is 6.12. The quantitative estimate of drug-likeness (QED) is 0.941. The highest BCUT2D eigenvalue weighted by molar-refractivity contribution is 5.81. The van der Waals surface area contributed by atoms with Crippen LogP contribution < -0.4 is 0 Å². The molecule has 23 heavy (non-hydrogen) atoms. The van der Waals surface area contributed by atoms with Crippen LogP contribution in [-0.2, 0) is 9.53 Å². The summed E-state index contributed by atoms with van der Waals surface area (Å²) in [5.41, 5.74) is 4.11. The highest BCUT2D eigenvalue weighted by atomic mass is 16.5. The van der Waals surface area contributed by atoms with Gasteiger partial charge in [0, 0.05) is 6.54 Å². The van der Waals surface area contributed by atoms with Crippen LogP contribution in [0, 0.1) is 0 Å². The molecule has 0 radical (unpaired) electrons. The summed E-state index contributed by atoms with van der Waals surface area (Å²) in [5.74, 6) is -0.946. The summed E-state index contributed by atoms with van der Waals surface area (Å²) in [7, 11) is 1.31. The molecule has 0 aliphatic heterocycles. The van der Waals surface area contributed by atoms with Crippen LogP contribution in [0.1, 0.15) is 23.6 Å². The molecule has 0 saturated carbocycles. The number of carbonyl (C=O) groups is 2. The normalized spacial score (nSPS) is 12.4. The van der Waals surface area contributed by atoms with Crippen molar-refractivity contribution in [3.05, 3.63) is 59.7 Å². The molecule has 0 atom stereocenters. The summed E-state index contributed by atoms with van der Waals surface area (Å²) in [6.07, 6.45) is -0.654. The maximum Gasteiger partial charge on any atom is 0.410 e. The van der Waals surface area contributed by atoms with Gasteiger partial charge in [-0.15, -0.1) is 0 Å². The zero-order valence-electron chi connectivity index (χ0n) is 12.7. The van der Waals surface area contributed by atoms with Crippen molar-refractivity contribution >= 4 is 12.1 Å². The molecule has 5 nitrogen and oxygen atoms in total. The standard InChI is InChI=1S/C18H17NO4/c1-23-18(22)19(11-10-16(20)21)17-14-8-4-2-6-12(14)13-7-3-5-9-15(13)17/h2-9,17H,10-11H2,1H3,(H,20,21). The number of carbonyl (C=O) groups excluding carboxylic acids is 1. The number of nitrogens with zero attached hydrogens (tertiary/aromatic N) is 1. The lowest BCUT2D eigenvalue weighted by atomic mass is 10.0. The Kier molecular flexibility index (Phi) is 4.02. The first-order valence-electron chi connectivity index (χ1n) is 7.38. The predicted octanol–water partition coefficient (Wildman–Crippen LogP) is 3.30. The number of rotatable bonds is 4. The summed E-state index contributed by atoms with van der Waals surface area (Å²) < 4.78 is 4.88. The van der Waals surface area contributed by atoms with E-state index in [1.54, 1.807) is 0 Å². The van der Waals surface area contributed by atoms with Crippen LogP contribution in [0.25, 0.3) is 11.1 Å². The van der Waals surface area contributed by atoms with E-state index in [1.807, 2.05) is 48.5 Å². The average Bonchev–Trinajstić information content (AvgIpc) is 2.90. The van der Waals surface area contributed by atoms with Crippen molar-refractivity contribution in [1.29, 1.82) is 0 Å². The SMILES string of the molecule is COC(=O)N(CCC(=O)O)C1c2ccccc2-c2ccccc21. The molecule has 1 aliphatic carbocycles. The smallest absolute Gasteiger partial charge is 0.410 e. The van der Waals surface area contributed by atoms with Crippen molar-refractivity contribution in [1.82, 2.24) is 4.90 Å². The van der Waals surface area contributed by atoms with Gasteiger partial charge in [0.2, 0.25) is 0 Å². The number of benzene rings is 2. The maximum atomic E-state index is 12.2. The van der Waals surface area contributed by atoms with Gasteiger partial charge in [0.05, 0.1) is 19.6 Å². The van der Waals surface area contributed by atoms with Crippen LogP contribution in [-0.4, -0.2) is 35.7 Å². The van der Waals surface area contributed by atoms with Crippen molar-refractivity contribution in [2.45, 2.75) is 12.5 Å². The van der Waals surface area contributed by atoms with Gasteiger partial charge in [-0.1, -0.05) is 48.5 Å². The number of hydrogen-bond donors (Lipinski definition) is 1. The van der Waals surface area contributed by atoms with Crippen molar-refractivity contribution in [3.8, 4) is 11.1 Å².